The summed E-state index contributed by atoms with van der Waals surface area (Å²) in [5, 5.41) is 2.81. The summed E-state index contributed by atoms with van der Waals surface area (Å²) in [6, 6.07) is 4.12. The molecule has 0 bridgehead atoms. The summed E-state index contributed by atoms with van der Waals surface area (Å²) in [4.78, 5) is 25.0. The standard InChI is InChI=1S/C13H14BrFN2O2/c1-17(7-12(18)16-9-3-4-9)13(19)10-5-2-8(15)6-11(10)14/h2,5-6,9H,3-4,7H2,1H3,(H,16,18). The predicted molar refractivity (Wildman–Crippen MR) is 72.2 cm³/mol. The van der Waals surface area contributed by atoms with E-state index in [-0.39, 0.29) is 24.4 Å². The molecule has 1 aliphatic rings. The van der Waals surface area contributed by atoms with Gasteiger partial charge < -0.3 is 10.2 Å². The van der Waals surface area contributed by atoms with E-state index in [9.17, 15) is 14.0 Å². The highest BCUT2D eigenvalue weighted by Gasteiger charge is 2.24. The maximum Gasteiger partial charge on any atom is 0.255 e. The van der Waals surface area contributed by atoms with Crippen LogP contribution in [0.2, 0.25) is 0 Å². The number of carbonyl (C=O) groups excluding carboxylic acids is 2. The number of hydrogen-bond acceptors (Lipinski definition) is 2. The molecule has 0 aliphatic heterocycles. The molecule has 0 spiro atoms. The lowest BCUT2D eigenvalue weighted by Gasteiger charge is -2.17. The summed E-state index contributed by atoms with van der Waals surface area (Å²) < 4.78 is 13.3. The van der Waals surface area contributed by atoms with Crippen molar-refractivity contribution in [1.29, 1.82) is 0 Å². The zero-order valence-corrected chi connectivity index (χ0v) is 12.0. The predicted octanol–water partition coefficient (Wildman–Crippen LogP) is 1.94. The fraction of sp³-hybridized carbons (Fsp3) is 0.385. The minimum absolute atomic E-state index is 0.000843. The van der Waals surface area contributed by atoms with Gasteiger partial charge in [-0.05, 0) is 47.0 Å². The van der Waals surface area contributed by atoms with Gasteiger partial charge in [-0.15, -0.1) is 0 Å². The van der Waals surface area contributed by atoms with Crippen LogP contribution in [0.1, 0.15) is 23.2 Å². The van der Waals surface area contributed by atoms with Crippen molar-refractivity contribution in [2.75, 3.05) is 13.6 Å². The minimum Gasteiger partial charge on any atom is -0.352 e. The molecule has 1 N–H and O–H groups in total. The topological polar surface area (TPSA) is 49.4 Å². The number of nitrogens with one attached hydrogen (secondary N) is 1. The monoisotopic (exact) mass is 328 g/mol. The van der Waals surface area contributed by atoms with Gasteiger partial charge in [0.1, 0.15) is 5.82 Å². The lowest BCUT2D eigenvalue weighted by molar-refractivity contribution is -0.121. The van der Waals surface area contributed by atoms with Crippen LogP contribution < -0.4 is 5.32 Å². The zero-order valence-electron chi connectivity index (χ0n) is 10.5. The van der Waals surface area contributed by atoms with Crippen LogP contribution in [-0.2, 0) is 4.79 Å². The molecule has 102 valence electrons. The van der Waals surface area contributed by atoms with Crippen LogP contribution in [0.4, 0.5) is 4.39 Å². The molecule has 2 amide bonds. The molecule has 19 heavy (non-hydrogen) atoms. The molecule has 1 aromatic rings. The largest absolute Gasteiger partial charge is 0.352 e. The molecule has 1 saturated carbocycles. The maximum absolute atomic E-state index is 13.0. The second kappa shape index (κ2) is 5.69. The van der Waals surface area contributed by atoms with Gasteiger partial charge >= 0.3 is 0 Å². The fourth-order valence-corrected chi connectivity index (χ4v) is 2.18. The van der Waals surface area contributed by atoms with Gasteiger partial charge in [-0.1, -0.05) is 0 Å². The van der Waals surface area contributed by atoms with Crippen molar-refractivity contribution in [3.05, 3.63) is 34.1 Å². The summed E-state index contributed by atoms with van der Waals surface area (Å²) in [6.07, 6.45) is 2.01. The number of benzene rings is 1. The normalized spacial score (nSPS) is 14.1. The number of likely N-dealkylation sites (N-methyl/N-ethyl adjacent to an activating group) is 1. The molecule has 0 unspecified atom stereocenters. The summed E-state index contributed by atoms with van der Waals surface area (Å²) in [7, 11) is 1.55. The molecular weight excluding hydrogens is 315 g/mol. The Kier molecular flexibility index (Phi) is 4.19. The Morgan fingerprint density at radius 2 is 2.16 bits per heavy atom. The van der Waals surface area contributed by atoms with E-state index in [4.69, 9.17) is 0 Å². The van der Waals surface area contributed by atoms with E-state index < -0.39 is 5.82 Å². The molecule has 0 radical (unpaired) electrons. The Hall–Kier alpha value is -1.43. The number of halogens is 2. The van der Waals surface area contributed by atoms with Crippen molar-refractivity contribution >= 4 is 27.7 Å². The molecule has 2 rings (SSSR count). The van der Waals surface area contributed by atoms with Crippen LogP contribution in [0.5, 0.6) is 0 Å². The number of amides is 2. The van der Waals surface area contributed by atoms with Gasteiger partial charge in [0.2, 0.25) is 5.91 Å². The van der Waals surface area contributed by atoms with Crippen molar-refractivity contribution in [3.8, 4) is 0 Å². The van der Waals surface area contributed by atoms with Crippen molar-refractivity contribution in [1.82, 2.24) is 10.2 Å². The second-order valence-corrected chi connectivity index (χ2v) is 5.48. The third-order valence-corrected chi connectivity index (χ3v) is 3.49. The first-order valence-corrected chi connectivity index (χ1v) is 6.76. The van der Waals surface area contributed by atoms with Gasteiger partial charge in [0.15, 0.2) is 0 Å². The van der Waals surface area contributed by atoms with Crippen molar-refractivity contribution in [2.24, 2.45) is 0 Å². The second-order valence-electron chi connectivity index (χ2n) is 4.63. The molecule has 0 aromatic heterocycles. The zero-order chi connectivity index (χ0) is 14.0. The third kappa shape index (κ3) is 3.76. The van der Waals surface area contributed by atoms with E-state index in [1.807, 2.05) is 0 Å². The Labute approximate surface area is 119 Å². The summed E-state index contributed by atoms with van der Waals surface area (Å²) >= 11 is 3.14. The van der Waals surface area contributed by atoms with Crippen molar-refractivity contribution < 1.29 is 14.0 Å². The van der Waals surface area contributed by atoms with Crippen LogP contribution in [0.3, 0.4) is 0 Å². The Balaban J connectivity index is 1.99. The van der Waals surface area contributed by atoms with Gasteiger partial charge in [0, 0.05) is 17.6 Å². The maximum atomic E-state index is 13.0. The van der Waals surface area contributed by atoms with E-state index >= 15 is 0 Å². The van der Waals surface area contributed by atoms with Crippen molar-refractivity contribution in [3.63, 3.8) is 0 Å². The number of carbonyl (C=O) groups is 2. The average Bonchev–Trinajstić information content (AvgIpc) is 3.11. The van der Waals surface area contributed by atoms with E-state index in [1.54, 1.807) is 7.05 Å². The van der Waals surface area contributed by atoms with E-state index in [0.29, 0.717) is 10.0 Å². The van der Waals surface area contributed by atoms with Crippen molar-refractivity contribution in [2.45, 2.75) is 18.9 Å². The lowest BCUT2D eigenvalue weighted by atomic mass is 10.2. The molecule has 0 atom stereocenters. The molecule has 0 heterocycles. The number of hydrogen-bond donors (Lipinski definition) is 1. The third-order valence-electron chi connectivity index (χ3n) is 2.83. The Bertz CT molecular complexity index is 517. The van der Waals surface area contributed by atoms with E-state index in [1.165, 1.54) is 23.1 Å². The van der Waals surface area contributed by atoms with Gasteiger partial charge in [0.05, 0.1) is 12.1 Å². The molecular formula is C13H14BrFN2O2. The molecule has 0 saturated heterocycles. The highest BCUT2D eigenvalue weighted by molar-refractivity contribution is 9.10. The highest BCUT2D eigenvalue weighted by Crippen LogP contribution is 2.20. The lowest BCUT2D eigenvalue weighted by Crippen LogP contribution is -2.39. The van der Waals surface area contributed by atoms with Gasteiger partial charge in [0.25, 0.3) is 5.91 Å². The summed E-state index contributed by atoms with van der Waals surface area (Å²) in [5.41, 5.74) is 0.336. The SMILES string of the molecule is CN(CC(=O)NC1CC1)C(=O)c1ccc(F)cc1Br. The van der Waals surface area contributed by atoms with Crippen LogP contribution in [0.15, 0.2) is 22.7 Å². The van der Waals surface area contributed by atoms with Crippen LogP contribution in [0, 0.1) is 5.82 Å². The number of rotatable bonds is 4. The van der Waals surface area contributed by atoms with Gasteiger partial charge in [-0.2, -0.15) is 0 Å². The molecule has 6 heteroatoms. The first kappa shape index (κ1) is 14.0. The molecule has 1 aromatic carbocycles. The molecule has 1 aliphatic carbocycles. The highest BCUT2D eigenvalue weighted by atomic mass is 79.9. The first-order valence-electron chi connectivity index (χ1n) is 5.97. The number of nitrogens with zero attached hydrogens (tertiary/aromatic N) is 1. The Morgan fingerprint density at radius 3 is 2.74 bits per heavy atom. The van der Waals surface area contributed by atoms with Gasteiger partial charge in [-0.3, -0.25) is 9.59 Å². The molecule has 4 nitrogen and oxygen atoms in total. The van der Waals surface area contributed by atoms with Gasteiger partial charge in [-0.25, -0.2) is 4.39 Å². The quantitative estimate of drug-likeness (QED) is 0.918. The summed E-state index contributed by atoms with van der Waals surface area (Å²) in [6.45, 7) is -0.000843. The van der Waals surface area contributed by atoms with Crippen LogP contribution in [-0.4, -0.2) is 36.3 Å². The Morgan fingerprint density at radius 1 is 1.47 bits per heavy atom. The fourth-order valence-electron chi connectivity index (χ4n) is 1.66. The minimum atomic E-state index is -0.419. The summed E-state index contributed by atoms with van der Waals surface area (Å²) in [5.74, 6) is -0.910. The van der Waals surface area contributed by atoms with Crippen LogP contribution in [0.25, 0.3) is 0 Å². The van der Waals surface area contributed by atoms with Crippen LogP contribution >= 0.6 is 15.9 Å². The average molecular weight is 329 g/mol. The first-order chi connectivity index (χ1) is 8.97. The van der Waals surface area contributed by atoms with E-state index in [0.717, 1.165) is 12.8 Å². The molecule has 1 fully saturated rings. The smallest absolute Gasteiger partial charge is 0.255 e. The van der Waals surface area contributed by atoms with E-state index in [2.05, 4.69) is 21.2 Å².